The van der Waals surface area contributed by atoms with Crippen molar-refractivity contribution in [1.29, 1.82) is 0 Å². The number of nitrogens with zero attached hydrogens (tertiary/aromatic N) is 1. The van der Waals surface area contributed by atoms with Crippen LogP contribution in [-0.2, 0) is 29.1 Å². The fraction of sp³-hybridized carbons (Fsp3) is 0.286. The Morgan fingerprint density at radius 1 is 0.829 bits per heavy atom. The molecule has 0 fully saturated rings. The Morgan fingerprint density at radius 3 is 2.09 bits per heavy atom. The molecule has 2 N–H and O–H groups in total. The summed E-state index contributed by atoms with van der Waals surface area (Å²) in [4.78, 5) is 27.5. The summed E-state index contributed by atoms with van der Waals surface area (Å²) in [6.45, 7) is 1.91. The molecule has 2 amide bonds. The lowest BCUT2D eigenvalue weighted by Crippen LogP contribution is -2.48. The van der Waals surface area contributed by atoms with Crippen molar-refractivity contribution < 1.29 is 19.1 Å². The Hall–Kier alpha value is -3.84. The average Bonchev–Trinajstić information content (AvgIpc) is 2.87. The fourth-order valence-corrected chi connectivity index (χ4v) is 3.33. The smallest absolute Gasteiger partial charge is 0.408 e. The molecule has 7 nitrogen and oxygen atoms in total. The standard InChI is InChI=1S/C28H33N3O4/c1-31(2)17-18-34-25-15-13-22(14-16-25)19-26(27(32)29-20-23-9-5-3-6-10-23)30-28(33)35-21-24-11-7-4-8-12-24/h3-16,26H,17-21H2,1-2H3,(H,29,32)(H,30,33). The van der Waals surface area contributed by atoms with Gasteiger partial charge in [-0.15, -0.1) is 0 Å². The first-order valence-corrected chi connectivity index (χ1v) is 11.6. The van der Waals surface area contributed by atoms with Crippen molar-refractivity contribution >= 4 is 12.0 Å². The zero-order valence-electron chi connectivity index (χ0n) is 20.3. The Morgan fingerprint density at radius 2 is 1.46 bits per heavy atom. The van der Waals surface area contributed by atoms with E-state index in [2.05, 4.69) is 15.5 Å². The largest absolute Gasteiger partial charge is 0.492 e. The van der Waals surface area contributed by atoms with E-state index >= 15 is 0 Å². The highest BCUT2D eigenvalue weighted by molar-refractivity contribution is 5.85. The van der Waals surface area contributed by atoms with Gasteiger partial charge in [0, 0.05) is 19.5 Å². The number of hydrogen-bond acceptors (Lipinski definition) is 5. The van der Waals surface area contributed by atoms with Gasteiger partial charge in [0.05, 0.1) is 0 Å². The molecule has 35 heavy (non-hydrogen) atoms. The number of benzene rings is 3. The number of amides is 2. The number of hydrogen-bond donors (Lipinski definition) is 2. The van der Waals surface area contributed by atoms with E-state index in [9.17, 15) is 9.59 Å². The molecule has 3 aromatic carbocycles. The number of nitrogens with one attached hydrogen (secondary N) is 2. The van der Waals surface area contributed by atoms with Gasteiger partial charge in [-0.1, -0.05) is 72.8 Å². The van der Waals surface area contributed by atoms with Crippen molar-refractivity contribution in [2.24, 2.45) is 0 Å². The second-order valence-electron chi connectivity index (χ2n) is 8.46. The van der Waals surface area contributed by atoms with Crippen molar-refractivity contribution in [2.75, 3.05) is 27.2 Å². The summed E-state index contributed by atoms with van der Waals surface area (Å²) in [5, 5.41) is 5.63. The van der Waals surface area contributed by atoms with Gasteiger partial charge >= 0.3 is 6.09 Å². The predicted octanol–water partition coefficient (Wildman–Crippen LogP) is 3.78. The molecule has 0 bridgehead atoms. The number of likely N-dealkylation sites (N-methyl/N-ethyl adjacent to an activating group) is 1. The molecule has 3 aromatic rings. The molecule has 3 rings (SSSR count). The van der Waals surface area contributed by atoms with Crippen molar-refractivity contribution in [1.82, 2.24) is 15.5 Å². The van der Waals surface area contributed by atoms with Crippen LogP contribution in [0.15, 0.2) is 84.9 Å². The van der Waals surface area contributed by atoms with E-state index in [0.29, 0.717) is 19.6 Å². The Kier molecular flexibility index (Phi) is 10.1. The maximum absolute atomic E-state index is 13.0. The summed E-state index contributed by atoms with van der Waals surface area (Å²) in [5.41, 5.74) is 2.75. The van der Waals surface area contributed by atoms with E-state index in [1.165, 1.54) is 0 Å². The van der Waals surface area contributed by atoms with Crippen LogP contribution in [0.3, 0.4) is 0 Å². The molecule has 1 atom stereocenters. The first-order valence-electron chi connectivity index (χ1n) is 11.6. The molecule has 0 spiro atoms. The van der Waals surface area contributed by atoms with E-state index in [0.717, 1.165) is 29.0 Å². The third-order valence-electron chi connectivity index (χ3n) is 5.30. The minimum Gasteiger partial charge on any atom is -0.492 e. The lowest BCUT2D eigenvalue weighted by molar-refractivity contribution is -0.123. The zero-order chi connectivity index (χ0) is 24.9. The van der Waals surface area contributed by atoms with E-state index in [1.54, 1.807) is 0 Å². The fourth-order valence-electron chi connectivity index (χ4n) is 3.33. The van der Waals surface area contributed by atoms with Crippen molar-refractivity contribution in [3.8, 4) is 5.75 Å². The molecule has 7 heteroatoms. The third-order valence-corrected chi connectivity index (χ3v) is 5.30. The van der Waals surface area contributed by atoms with Crippen molar-refractivity contribution in [2.45, 2.75) is 25.6 Å². The van der Waals surface area contributed by atoms with Crippen LogP contribution in [0.5, 0.6) is 5.75 Å². The summed E-state index contributed by atoms with van der Waals surface area (Å²) in [7, 11) is 3.99. The SMILES string of the molecule is CN(C)CCOc1ccc(CC(NC(=O)OCc2ccccc2)C(=O)NCc2ccccc2)cc1. The molecule has 0 radical (unpaired) electrons. The van der Waals surface area contributed by atoms with Crippen LogP contribution < -0.4 is 15.4 Å². The first-order chi connectivity index (χ1) is 17.0. The summed E-state index contributed by atoms with van der Waals surface area (Å²) < 4.78 is 11.1. The molecule has 0 saturated heterocycles. The van der Waals surface area contributed by atoms with Crippen LogP contribution in [0.2, 0.25) is 0 Å². The Balaban J connectivity index is 1.60. The average molecular weight is 476 g/mol. The molecule has 0 aromatic heterocycles. The van der Waals surface area contributed by atoms with Crippen LogP contribution in [0.1, 0.15) is 16.7 Å². The Labute approximate surface area is 207 Å². The number of carbonyl (C=O) groups is 2. The molecular weight excluding hydrogens is 442 g/mol. The van der Waals surface area contributed by atoms with Crippen molar-refractivity contribution in [3.63, 3.8) is 0 Å². The van der Waals surface area contributed by atoms with E-state index in [4.69, 9.17) is 9.47 Å². The van der Waals surface area contributed by atoms with Crippen LogP contribution in [-0.4, -0.2) is 50.2 Å². The lowest BCUT2D eigenvalue weighted by atomic mass is 10.0. The van der Waals surface area contributed by atoms with Gasteiger partial charge in [0.25, 0.3) is 0 Å². The van der Waals surface area contributed by atoms with Gasteiger partial charge in [-0.05, 0) is 42.9 Å². The Bertz CT molecular complexity index is 1040. The molecule has 0 aliphatic carbocycles. The molecular formula is C28H33N3O4. The topological polar surface area (TPSA) is 79.9 Å². The molecule has 0 heterocycles. The summed E-state index contributed by atoms with van der Waals surface area (Å²) >= 11 is 0. The number of alkyl carbamates (subject to hydrolysis) is 1. The number of rotatable bonds is 12. The summed E-state index contributed by atoms with van der Waals surface area (Å²) in [6, 6.07) is 25.8. The number of carbonyl (C=O) groups excluding carboxylic acids is 2. The van der Waals surface area contributed by atoms with Gasteiger partial charge < -0.3 is 25.0 Å². The van der Waals surface area contributed by atoms with Gasteiger partial charge in [-0.3, -0.25) is 4.79 Å². The van der Waals surface area contributed by atoms with Crippen LogP contribution in [0.4, 0.5) is 4.79 Å². The van der Waals surface area contributed by atoms with Crippen LogP contribution in [0.25, 0.3) is 0 Å². The quantitative estimate of drug-likeness (QED) is 0.417. The van der Waals surface area contributed by atoms with E-state index in [1.807, 2.05) is 99.0 Å². The predicted molar refractivity (Wildman–Crippen MR) is 136 cm³/mol. The highest BCUT2D eigenvalue weighted by Crippen LogP contribution is 2.14. The minimum atomic E-state index is -0.789. The van der Waals surface area contributed by atoms with Gasteiger partial charge in [0.15, 0.2) is 0 Å². The van der Waals surface area contributed by atoms with Gasteiger partial charge in [-0.2, -0.15) is 0 Å². The van der Waals surface area contributed by atoms with Gasteiger partial charge in [-0.25, -0.2) is 4.79 Å². The normalized spacial score (nSPS) is 11.5. The minimum absolute atomic E-state index is 0.129. The highest BCUT2D eigenvalue weighted by atomic mass is 16.5. The van der Waals surface area contributed by atoms with Crippen LogP contribution in [0, 0.1) is 0 Å². The second kappa shape index (κ2) is 13.8. The zero-order valence-corrected chi connectivity index (χ0v) is 20.3. The van der Waals surface area contributed by atoms with Gasteiger partial charge in [0.1, 0.15) is 25.0 Å². The molecule has 0 aliphatic heterocycles. The molecule has 0 saturated carbocycles. The number of ether oxygens (including phenoxy) is 2. The molecule has 184 valence electrons. The van der Waals surface area contributed by atoms with Crippen LogP contribution >= 0.6 is 0 Å². The summed E-state index contributed by atoms with van der Waals surface area (Å²) in [5.74, 6) is 0.479. The first kappa shape index (κ1) is 25.8. The van der Waals surface area contributed by atoms with E-state index in [-0.39, 0.29) is 12.5 Å². The maximum atomic E-state index is 13.0. The van der Waals surface area contributed by atoms with Crippen molar-refractivity contribution in [3.05, 3.63) is 102 Å². The lowest BCUT2D eigenvalue weighted by Gasteiger charge is -2.19. The van der Waals surface area contributed by atoms with Gasteiger partial charge in [0.2, 0.25) is 5.91 Å². The summed E-state index contributed by atoms with van der Waals surface area (Å²) in [6.07, 6.45) is -0.323. The maximum Gasteiger partial charge on any atom is 0.408 e. The highest BCUT2D eigenvalue weighted by Gasteiger charge is 2.22. The van der Waals surface area contributed by atoms with E-state index < -0.39 is 12.1 Å². The third kappa shape index (κ3) is 9.51. The molecule has 1 unspecified atom stereocenters. The second-order valence-corrected chi connectivity index (χ2v) is 8.46. The monoisotopic (exact) mass is 475 g/mol. The molecule has 0 aliphatic rings.